The number of aromatic nitrogens is 1. The minimum Gasteiger partial charge on any atom is -0.397 e. The molecular weight excluding hydrogens is 245 g/mol. The van der Waals surface area contributed by atoms with Crippen LogP contribution in [0, 0.1) is 12.7 Å². The maximum Gasteiger partial charge on any atom is 0.230 e. The fraction of sp³-hybridized carbons (Fsp3) is 0.143. The summed E-state index contributed by atoms with van der Waals surface area (Å²) in [5.74, 6) is -0.525. The molecule has 3 N–H and O–H groups in total. The van der Waals surface area contributed by atoms with Gasteiger partial charge < -0.3 is 11.1 Å². The summed E-state index contributed by atoms with van der Waals surface area (Å²) in [5, 5.41) is 2.72. The molecule has 0 aliphatic heterocycles. The number of rotatable bonds is 3. The lowest BCUT2D eigenvalue weighted by atomic mass is 10.2. The summed E-state index contributed by atoms with van der Waals surface area (Å²) in [5.41, 5.74) is 7.98. The first-order valence-corrected chi connectivity index (χ1v) is 5.81. The summed E-state index contributed by atoms with van der Waals surface area (Å²) in [4.78, 5) is 15.9. The Morgan fingerprint density at radius 1 is 1.37 bits per heavy atom. The summed E-state index contributed by atoms with van der Waals surface area (Å²) >= 11 is 0. The summed E-state index contributed by atoms with van der Waals surface area (Å²) in [6, 6.07) is 7.62. The van der Waals surface area contributed by atoms with Gasteiger partial charge in [0.05, 0.1) is 18.3 Å². The molecular formula is C14H14FN3O. The molecule has 0 saturated carbocycles. The zero-order valence-electron chi connectivity index (χ0n) is 10.5. The van der Waals surface area contributed by atoms with Crippen LogP contribution in [0.2, 0.25) is 0 Å². The van der Waals surface area contributed by atoms with E-state index < -0.39 is 0 Å². The molecule has 1 heterocycles. The average molecular weight is 259 g/mol. The minimum absolute atomic E-state index is 0.150. The molecule has 1 amide bonds. The molecule has 2 aromatic rings. The molecule has 1 aromatic carbocycles. The van der Waals surface area contributed by atoms with Gasteiger partial charge in [0.15, 0.2) is 0 Å². The van der Waals surface area contributed by atoms with Crippen molar-refractivity contribution in [1.82, 2.24) is 4.98 Å². The lowest BCUT2D eigenvalue weighted by molar-refractivity contribution is -0.115. The molecule has 0 radical (unpaired) electrons. The maximum absolute atomic E-state index is 12.9. The van der Waals surface area contributed by atoms with Crippen LogP contribution in [0.1, 0.15) is 11.3 Å². The fourth-order valence-electron chi connectivity index (χ4n) is 1.67. The van der Waals surface area contributed by atoms with Crippen molar-refractivity contribution >= 4 is 17.3 Å². The van der Waals surface area contributed by atoms with E-state index in [1.807, 2.05) is 0 Å². The monoisotopic (exact) mass is 259 g/mol. The number of nitrogens with two attached hydrogens (primary N) is 1. The van der Waals surface area contributed by atoms with Crippen LogP contribution in [-0.4, -0.2) is 10.9 Å². The topological polar surface area (TPSA) is 68.0 Å². The Balaban J connectivity index is 2.03. The van der Waals surface area contributed by atoms with Crippen molar-refractivity contribution < 1.29 is 9.18 Å². The standard InChI is InChI=1S/C14H14FN3O/c1-9-6-10(15)2-5-13(9)18-14(19)7-12-4-3-11(16)8-17-12/h2-6,8H,7,16H2,1H3,(H,18,19). The predicted molar refractivity (Wildman–Crippen MR) is 72.1 cm³/mol. The summed E-state index contributed by atoms with van der Waals surface area (Å²) in [6.45, 7) is 1.74. The number of halogens is 1. The molecule has 5 heteroatoms. The van der Waals surface area contributed by atoms with Crippen molar-refractivity contribution in [3.63, 3.8) is 0 Å². The lowest BCUT2D eigenvalue weighted by Crippen LogP contribution is -2.16. The van der Waals surface area contributed by atoms with Gasteiger partial charge in [-0.2, -0.15) is 0 Å². The van der Waals surface area contributed by atoms with Gasteiger partial charge in [-0.05, 0) is 42.8 Å². The second-order valence-corrected chi connectivity index (χ2v) is 4.27. The Hall–Kier alpha value is -2.43. The van der Waals surface area contributed by atoms with E-state index in [1.54, 1.807) is 25.1 Å². The second-order valence-electron chi connectivity index (χ2n) is 4.27. The van der Waals surface area contributed by atoms with Gasteiger partial charge in [0.25, 0.3) is 0 Å². The first-order chi connectivity index (χ1) is 9.04. The largest absolute Gasteiger partial charge is 0.397 e. The quantitative estimate of drug-likeness (QED) is 0.888. The van der Waals surface area contributed by atoms with E-state index in [9.17, 15) is 9.18 Å². The molecule has 0 aliphatic carbocycles. The van der Waals surface area contributed by atoms with E-state index in [0.717, 1.165) is 0 Å². The molecule has 19 heavy (non-hydrogen) atoms. The third kappa shape index (κ3) is 3.51. The molecule has 0 unspecified atom stereocenters. The van der Waals surface area contributed by atoms with Gasteiger partial charge in [-0.15, -0.1) is 0 Å². The Bertz CT molecular complexity index is 596. The first-order valence-electron chi connectivity index (χ1n) is 5.81. The number of hydrogen-bond donors (Lipinski definition) is 2. The molecule has 0 bridgehead atoms. The number of nitrogens with zero attached hydrogens (tertiary/aromatic N) is 1. The molecule has 98 valence electrons. The summed E-state index contributed by atoms with van der Waals surface area (Å²) in [7, 11) is 0. The highest BCUT2D eigenvalue weighted by atomic mass is 19.1. The average Bonchev–Trinajstić information content (AvgIpc) is 2.36. The minimum atomic E-state index is -0.323. The highest BCUT2D eigenvalue weighted by molar-refractivity contribution is 5.92. The number of anilines is 2. The molecule has 2 rings (SSSR count). The Labute approximate surface area is 110 Å². The number of pyridine rings is 1. The zero-order valence-corrected chi connectivity index (χ0v) is 10.5. The van der Waals surface area contributed by atoms with Crippen LogP contribution >= 0.6 is 0 Å². The number of nitrogen functional groups attached to an aromatic ring is 1. The molecule has 1 aromatic heterocycles. The second kappa shape index (κ2) is 5.48. The van der Waals surface area contributed by atoms with Gasteiger partial charge >= 0.3 is 0 Å². The lowest BCUT2D eigenvalue weighted by Gasteiger charge is -2.08. The molecule has 0 saturated heterocycles. The van der Waals surface area contributed by atoms with Gasteiger partial charge in [-0.1, -0.05) is 0 Å². The predicted octanol–water partition coefficient (Wildman–Crippen LogP) is 2.29. The molecule has 0 fully saturated rings. The SMILES string of the molecule is Cc1cc(F)ccc1NC(=O)Cc1ccc(N)cn1. The van der Waals surface area contributed by atoms with Gasteiger partial charge in [0.1, 0.15) is 5.82 Å². The van der Waals surface area contributed by atoms with Gasteiger partial charge in [-0.3, -0.25) is 9.78 Å². The van der Waals surface area contributed by atoms with Crippen LogP contribution < -0.4 is 11.1 Å². The van der Waals surface area contributed by atoms with E-state index in [-0.39, 0.29) is 18.1 Å². The number of amides is 1. The normalized spacial score (nSPS) is 10.2. The summed E-state index contributed by atoms with van der Waals surface area (Å²) in [6.07, 6.45) is 1.66. The third-order valence-electron chi connectivity index (χ3n) is 2.65. The van der Waals surface area contributed by atoms with Crippen molar-refractivity contribution in [2.24, 2.45) is 0 Å². The van der Waals surface area contributed by atoms with Gasteiger partial charge in [0, 0.05) is 11.4 Å². The summed E-state index contributed by atoms with van der Waals surface area (Å²) < 4.78 is 12.9. The van der Waals surface area contributed by atoms with Crippen LogP contribution in [0.4, 0.5) is 15.8 Å². The van der Waals surface area contributed by atoms with E-state index in [2.05, 4.69) is 10.3 Å². The van der Waals surface area contributed by atoms with Crippen molar-refractivity contribution in [3.05, 3.63) is 53.6 Å². The van der Waals surface area contributed by atoms with Crippen LogP contribution in [0.15, 0.2) is 36.5 Å². The van der Waals surface area contributed by atoms with Crippen LogP contribution in [0.3, 0.4) is 0 Å². The first kappa shape index (κ1) is 13.0. The Kier molecular flexibility index (Phi) is 3.75. The molecule has 4 nitrogen and oxygen atoms in total. The number of carbonyl (C=O) groups excluding carboxylic acids is 1. The molecule has 0 spiro atoms. The van der Waals surface area contributed by atoms with Crippen molar-refractivity contribution in [2.45, 2.75) is 13.3 Å². The van der Waals surface area contributed by atoms with E-state index in [0.29, 0.717) is 22.6 Å². The number of benzene rings is 1. The van der Waals surface area contributed by atoms with E-state index >= 15 is 0 Å². The number of aryl methyl sites for hydroxylation is 1. The van der Waals surface area contributed by atoms with Crippen molar-refractivity contribution in [1.29, 1.82) is 0 Å². The highest BCUT2D eigenvalue weighted by Crippen LogP contribution is 2.16. The van der Waals surface area contributed by atoms with Crippen molar-refractivity contribution in [3.8, 4) is 0 Å². The Morgan fingerprint density at radius 2 is 2.16 bits per heavy atom. The van der Waals surface area contributed by atoms with Crippen molar-refractivity contribution in [2.75, 3.05) is 11.1 Å². The van der Waals surface area contributed by atoms with Crippen LogP contribution in [0.25, 0.3) is 0 Å². The molecule has 0 aliphatic rings. The van der Waals surface area contributed by atoms with Crippen LogP contribution in [0.5, 0.6) is 0 Å². The zero-order chi connectivity index (χ0) is 13.8. The smallest absolute Gasteiger partial charge is 0.230 e. The molecule has 0 atom stereocenters. The third-order valence-corrected chi connectivity index (χ3v) is 2.65. The van der Waals surface area contributed by atoms with E-state index in [1.165, 1.54) is 18.3 Å². The number of carbonyl (C=O) groups is 1. The maximum atomic E-state index is 12.9. The van der Waals surface area contributed by atoms with E-state index in [4.69, 9.17) is 5.73 Å². The van der Waals surface area contributed by atoms with Gasteiger partial charge in [0.2, 0.25) is 5.91 Å². The Morgan fingerprint density at radius 3 is 2.79 bits per heavy atom. The fourth-order valence-corrected chi connectivity index (χ4v) is 1.67. The highest BCUT2D eigenvalue weighted by Gasteiger charge is 2.07. The van der Waals surface area contributed by atoms with Gasteiger partial charge in [-0.25, -0.2) is 4.39 Å². The number of nitrogens with one attached hydrogen (secondary N) is 1. The number of hydrogen-bond acceptors (Lipinski definition) is 3. The van der Waals surface area contributed by atoms with Crippen LogP contribution in [-0.2, 0) is 11.2 Å².